The Labute approximate surface area is 98.4 Å². The molecule has 2 rings (SSSR count). The molecule has 1 saturated carbocycles. The van der Waals surface area contributed by atoms with E-state index in [1.807, 2.05) is 0 Å². The van der Waals surface area contributed by atoms with Crippen LogP contribution in [0.2, 0.25) is 0 Å². The summed E-state index contributed by atoms with van der Waals surface area (Å²) in [5, 5.41) is 0. The predicted octanol–water partition coefficient (Wildman–Crippen LogP) is 3.64. The van der Waals surface area contributed by atoms with Gasteiger partial charge in [-0.3, -0.25) is 0 Å². The van der Waals surface area contributed by atoms with Gasteiger partial charge in [0.15, 0.2) is 0 Å². The van der Waals surface area contributed by atoms with Crippen LogP contribution in [-0.2, 0) is 11.2 Å². The van der Waals surface area contributed by atoms with Crippen molar-refractivity contribution in [2.75, 3.05) is 6.61 Å². The van der Waals surface area contributed by atoms with Crippen LogP contribution in [0, 0.1) is 0 Å². The van der Waals surface area contributed by atoms with Crippen LogP contribution in [0.15, 0.2) is 12.4 Å². The largest absolute Gasteiger partial charge is 0.379 e. The molecule has 0 bridgehead atoms. The maximum Gasteiger partial charge on any atom is 0.0575 e. The van der Waals surface area contributed by atoms with Gasteiger partial charge in [0, 0.05) is 19.0 Å². The van der Waals surface area contributed by atoms with Crippen LogP contribution in [-0.4, -0.2) is 17.7 Å². The van der Waals surface area contributed by atoms with Gasteiger partial charge in [-0.2, -0.15) is 0 Å². The zero-order valence-electron chi connectivity index (χ0n) is 10.5. The molecule has 0 radical (unpaired) electrons. The van der Waals surface area contributed by atoms with E-state index in [1.165, 1.54) is 31.2 Å². The number of H-pyrrole nitrogens is 1. The zero-order valence-corrected chi connectivity index (χ0v) is 10.5. The molecular weight excluding hydrogens is 198 g/mol. The van der Waals surface area contributed by atoms with Crippen molar-refractivity contribution < 1.29 is 4.74 Å². The molecule has 0 saturated heterocycles. The monoisotopic (exact) mass is 221 g/mol. The Hall–Kier alpha value is -0.760. The lowest BCUT2D eigenvalue weighted by molar-refractivity contribution is 0.0327. The molecule has 1 fully saturated rings. The molecule has 1 heterocycles. The maximum absolute atomic E-state index is 5.70. The molecule has 2 nitrogen and oxygen atoms in total. The van der Waals surface area contributed by atoms with Crippen LogP contribution >= 0.6 is 0 Å². The second kappa shape index (κ2) is 5.53. The molecule has 2 heteroatoms. The summed E-state index contributed by atoms with van der Waals surface area (Å²) in [5.74, 6) is 0.762. The average Bonchev–Trinajstić information content (AvgIpc) is 2.78. The molecule has 0 amide bonds. The van der Waals surface area contributed by atoms with Crippen molar-refractivity contribution in [1.29, 1.82) is 0 Å². The van der Waals surface area contributed by atoms with Crippen molar-refractivity contribution in [3.63, 3.8) is 0 Å². The van der Waals surface area contributed by atoms with Gasteiger partial charge in [0.05, 0.1) is 6.10 Å². The zero-order chi connectivity index (χ0) is 11.4. The first-order valence-electron chi connectivity index (χ1n) is 6.62. The van der Waals surface area contributed by atoms with E-state index in [0.29, 0.717) is 6.10 Å². The van der Waals surface area contributed by atoms with E-state index < -0.39 is 0 Å². The summed E-state index contributed by atoms with van der Waals surface area (Å²) in [6.45, 7) is 5.19. The summed E-state index contributed by atoms with van der Waals surface area (Å²) in [4.78, 5) is 3.25. The van der Waals surface area contributed by atoms with Crippen molar-refractivity contribution in [1.82, 2.24) is 4.98 Å². The van der Waals surface area contributed by atoms with Crippen LogP contribution in [0.4, 0.5) is 0 Å². The Morgan fingerprint density at radius 3 is 2.56 bits per heavy atom. The van der Waals surface area contributed by atoms with E-state index in [-0.39, 0.29) is 0 Å². The van der Waals surface area contributed by atoms with Gasteiger partial charge < -0.3 is 9.72 Å². The topological polar surface area (TPSA) is 25.0 Å². The Morgan fingerprint density at radius 2 is 1.94 bits per heavy atom. The molecule has 90 valence electrons. The van der Waals surface area contributed by atoms with Crippen LogP contribution < -0.4 is 0 Å². The fourth-order valence-electron chi connectivity index (χ4n) is 2.87. The van der Waals surface area contributed by atoms with Crippen molar-refractivity contribution >= 4 is 0 Å². The molecule has 1 aromatic heterocycles. The molecule has 0 aliphatic heterocycles. The standard InChI is InChI=1S/C14H23NO/c1-3-11-9-15-10-14(11)12-5-7-13(8-6-12)16-4-2/h9-10,12-13,15H,3-8H2,1-2H3. The Balaban J connectivity index is 1.93. The highest BCUT2D eigenvalue weighted by atomic mass is 16.5. The van der Waals surface area contributed by atoms with Crippen LogP contribution in [0.1, 0.15) is 56.6 Å². The summed E-state index contributed by atoms with van der Waals surface area (Å²) in [6, 6.07) is 0. The number of hydrogen-bond donors (Lipinski definition) is 1. The smallest absolute Gasteiger partial charge is 0.0575 e. The third-order valence-electron chi connectivity index (χ3n) is 3.76. The second-order valence-electron chi connectivity index (χ2n) is 4.72. The molecule has 0 unspecified atom stereocenters. The van der Waals surface area contributed by atoms with Crippen LogP contribution in [0.25, 0.3) is 0 Å². The lowest BCUT2D eigenvalue weighted by atomic mass is 9.82. The van der Waals surface area contributed by atoms with Crippen molar-refractivity contribution in [2.45, 2.75) is 58.0 Å². The number of nitrogens with one attached hydrogen (secondary N) is 1. The van der Waals surface area contributed by atoms with E-state index in [0.717, 1.165) is 18.9 Å². The lowest BCUT2D eigenvalue weighted by Gasteiger charge is -2.28. The number of hydrogen-bond acceptors (Lipinski definition) is 1. The average molecular weight is 221 g/mol. The molecule has 0 aromatic carbocycles. The van der Waals surface area contributed by atoms with E-state index in [1.54, 1.807) is 5.56 Å². The second-order valence-corrected chi connectivity index (χ2v) is 4.72. The minimum atomic E-state index is 0.519. The summed E-state index contributed by atoms with van der Waals surface area (Å²) < 4.78 is 5.70. The van der Waals surface area contributed by atoms with Crippen LogP contribution in [0.5, 0.6) is 0 Å². The molecule has 1 aromatic rings. The van der Waals surface area contributed by atoms with E-state index in [4.69, 9.17) is 4.74 Å². The highest BCUT2D eigenvalue weighted by Crippen LogP contribution is 2.35. The Bertz CT molecular complexity index is 310. The van der Waals surface area contributed by atoms with Gasteiger partial charge in [-0.1, -0.05) is 6.92 Å². The van der Waals surface area contributed by atoms with Crippen molar-refractivity contribution in [3.8, 4) is 0 Å². The molecular formula is C14H23NO. The fraction of sp³-hybridized carbons (Fsp3) is 0.714. The van der Waals surface area contributed by atoms with Gasteiger partial charge in [0.1, 0.15) is 0 Å². The third kappa shape index (κ3) is 2.49. The number of aromatic amines is 1. The van der Waals surface area contributed by atoms with Crippen LogP contribution in [0.3, 0.4) is 0 Å². The SMILES string of the molecule is CCOC1CCC(c2c[nH]cc2CC)CC1. The minimum absolute atomic E-state index is 0.519. The molecule has 16 heavy (non-hydrogen) atoms. The first-order valence-corrected chi connectivity index (χ1v) is 6.62. The van der Waals surface area contributed by atoms with Crippen molar-refractivity contribution in [3.05, 3.63) is 23.5 Å². The van der Waals surface area contributed by atoms with Gasteiger partial charge in [0.2, 0.25) is 0 Å². The summed E-state index contributed by atoms with van der Waals surface area (Å²) in [6.07, 6.45) is 11.0. The lowest BCUT2D eigenvalue weighted by Crippen LogP contribution is -2.20. The number of aromatic nitrogens is 1. The molecule has 1 aliphatic carbocycles. The fourth-order valence-corrected chi connectivity index (χ4v) is 2.87. The Kier molecular flexibility index (Phi) is 4.05. The van der Waals surface area contributed by atoms with E-state index >= 15 is 0 Å². The summed E-state index contributed by atoms with van der Waals surface area (Å²) >= 11 is 0. The minimum Gasteiger partial charge on any atom is -0.379 e. The molecule has 1 N–H and O–H groups in total. The number of ether oxygens (including phenoxy) is 1. The molecule has 0 spiro atoms. The van der Waals surface area contributed by atoms with Gasteiger partial charge in [-0.05, 0) is 56.1 Å². The highest BCUT2D eigenvalue weighted by molar-refractivity contribution is 5.27. The summed E-state index contributed by atoms with van der Waals surface area (Å²) in [7, 11) is 0. The first-order chi connectivity index (χ1) is 7.85. The number of aryl methyl sites for hydroxylation is 1. The van der Waals surface area contributed by atoms with E-state index in [9.17, 15) is 0 Å². The first kappa shape index (κ1) is 11.7. The normalized spacial score (nSPS) is 25.9. The molecule has 0 atom stereocenters. The van der Waals surface area contributed by atoms with Gasteiger partial charge in [-0.15, -0.1) is 0 Å². The van der Waals surface area contributed by atoms with Gasteiger partial charge in [-0.25, -0.2) is 0 Å². The number of rotatable bonds is 4. The van der Waals surface area contributed by atoms with Crippen molar-refractivity contribution in [2.24, 2.45) is 0 Å². The maximum atomic E-state index is 5.70. The highest BCUT2D eigenvalue weighted by Gasteiger charge is 2.24. The van der Waals surface area contributed by atoms with E-state index in [2.05, 4.69) is 31.2 Å². The quantitative estimate of drug-likeness (QED) is 0.825. The van der Waals surface area contributed by atoms with Gasteiger partial charge >= 0.3 is 0 Å². The Morgan fingerprint density at radius 1 is 1.19 bits per heavy atom. The molecule has 1 aliphatic rings. The summed E-state index contributed by atoms with van der Waals surface area (Å²) in [5.41, 5.74) is 3.05. The third-order valence-corrected chi connectivity index (χ3v) is 3.76. The van der Waals surface area contributed by atoms with Gasteiger partial charge in [0.25, 0.3) is 0 Å². The predicted molar refractivity (Wildman–Crippen MR) is 66.8 cm³/mol.